The van der Waals surface area contributed by atoms with E-state index in [0.717, 1.165) is 17.2 Å². The smallest absolute Gasteiger partial charge is 0.234 e. The van der Waals surface area contributed by atoms with E-state index >= 15 is 0 Å². The Labute approximate surface area is 115 Å². The number of nitrogens with one attached hydrogen (secondary N) is 1. The second-order valence-electron chi connectivity index (χ2n) is 4.80. The summed E-state index contributed by atoms with van der Waals surface area (Å²) in [5, 5.41) is 3.07. The van der Waals surface area contributed by atoms with Crippen LogP contribution >= 0.6 is 0 Å². The van der Waals surface area contributed by atoms with Crippen molar-refractivity contribution >= 4 is 29.0 Å². The fourth-order valence-electron chi connectivity index (χ4n) is 2.52. The molecule has 1 unspecified atom stereocenters. The Morgan fingerprint density at radius 2 is 2.10 bits per heavy atom. The van der Waals surface area contributed by atoms with Crippen LogP contribution < -0.4 is 5.32 Å². The predicted molar refractivity (Wildman–Crippen MR) is 72.3 cm³/mol. The van der Waals surface area contributed by atoms with Crippen LogP contribution in [-0.2, 0) is 9.59 Å². The number of pyridine rings is 1. The maximum atomic E-state index is 11.9. The number of fused-ring (bicyclic) bond motifs is 1. The van der Waals surface area contributed by atoms with Crippen molar-refractivity contribution in [2.45, 2.75) is 18.8 Å². The van der Waals surface area contributed by atoms with E-state index in [1.54, 1.807) is 18.3 Å². The largest absolute Gasteiger partial charge is 0.298 e. The zero-order valence-corrected chi connectivity index (χ0v) is 10.6. The van der Waals surface area contributed by atoms with E-state index in [4.69, 9.17) is 0 Å². The Hall–Kier alpha value is -2.56. The van der Waals surface area contributed by atoms with Crippen LogP contribution in [0.5, 0.6) is 0 Å². The maximum absolute atomic E-state index is 11.9. The Kier molecular flexibility index (Phi) is 3.02. The number of hydrogen-bond acceptors (Lipinski definition) is 4. The monoisotopic (exact) mass is 268 g/mol. The molecule has 1 aromatic carbocycles. The number of aromatic nitrogens is 1. The van der Waals surface area contributed by atoms with Crippen LogP contribution in [-0.4, -0.2) is 23.1 Å². The lowest BCUT2D eigenvalue weighted by atomic mass is 9.89. The van der Waals surface area contributed by atoms with Gasteiger partial charge in [0.1, 0.15) is 0 Å². The molecule has 20 heavy (non-hydrogen) atoms. The average Bonchev–Trinajstić information content (AvgIpc) is 2.46. The molecule has 1 N–H and O–H groups in total. The van der Waals surface area contributed by atoms with E-state index in [1.165, 1.54) is 0 Å². The van der Waals surface area contributed by atoms with Gasteiger partial charge in [-0.3, -0.25) is 24.7 Å². The highest BCUT2D eigenvalue weighted by Gasteiger charge is 2.28. The second kappa shape index (κ2) is 4.85. The molecule has 2 heterocycles. The molecule has 0 saturated carbocycles. The lowest BCUT2D eigenvalue weighted by Crippen LogP contribution is -2.39. The molecule has 0 radical (unpaired) electrons. The number of hydrogen-bond donors (Lipinski definition) is 1. The molecule has 3 rings (SSSR count). The van der Waals surface area contributed by atoms with Crippen molar-refractivity contribution < 1.29 is 14.4 Å². The number of carbonyl (C=O) groups is 3. The lowest BCUT2D eigenvalue weighted by Gasteiger charge is -2.21. The van der Waals surface area contributed by atoms with Gasteiger partial charge in [0.15, 0.2) is 6.29 Å². The molecule has 0 spiro atoms. The predicted octanol–water partition coefficient (Wildman–Crippen LogP) is 1.57. The summed E-state index contributed by atoms with van der Waals surface area (Å²) < 4.78 is 0. The van der Waals surface area contributed by atoms with Gasteiger partial charge in [-0.25, -0.2) is 0 Å². The summed E-state index contributed by atoms with van der Waals surface area (Å²) in [5.74, 6) is -0.865. The van der Waals surface area contributed by atoms with Crippen LogP contribution in [0.2, 0.25) is 0 Å². The van der Waals surface area contributed by atoms with Gasteiger partial charge in [-0.1, -0.05) is 6.07 Å². The number of carbonyl (C=O) groups excluding carboxylic acids is 3. The number of rotatable bonds is 2. The number of nitrogens with zero attached hydrogens (tertiary/aromatic N) is 1. The first-order valence-corrected chi connectivity index (χ1v) is 6.36. The highest BCUT2D eigenvalue weighted by molar-refractivity contribution is 6.02. The number of amides is 2. The third-order valence-corrected chi connectivity index (χ3v) is 3.57. The van der Waals surface area contributed by atoms with Gasteiger partial charge in [-0.15, -0.1) is 0 Å². The van der Waals surface area contributed by atoms with Crippen LogP contribution in [0.25, 0.3) is 10.9 Å². The molecular weight excluding hydrogens is 256 g/mol. The summed E-state index contributed by atoms with van der Waals surface area (Å²) in [6.07, 6.45) is 3.19. The summed E-state index contributed by atoms with van der Waals surface area (Å²) in [5.41, 5.74) is 2.06. The van der Waals surface area contributed by atoms with Gasteiger partial charge in [0.2, 0.25) is 11.8 Å². The van der Waals surface area contributed by atoms with E-state index in [2.05, 4.69) is 10.3 Å². The minimum Gasteiger partial charge on any atom is -0.298 e. The summed E-state index contributed by atoms with van der Waals surface area (Å²) in [6, 6.07) is 7.07. The Morgan fingerprint density at radius 3 is 2.85 bits per heavy atom. The van der Waals surface area contributed by atoms with Crippen molar-refractivity contribution in [1.82, 2.24) is 10.3 Å². The van der Waals surface area contributed by atoms with E-state index in [-0.39, 0.29) is 17.7 Å². The summed E-state index contributed by atoms with van der Waals surface area (Å²) in [7, 11) is 0. The van der Waals surface area contributed by atoms with Crippen LogP contribution in [0.15, 0.2) is 30.5 Å². The van der Waals surface area contributed by atoms with Crippen molar-refractivity contribution in [2.75, 3.05) is 0 Å². The highest BCUT2D eigenvalue weighted by Crippen LogP contribution is 2.28. The Bertz CT molecular complexity index is 724. The molecule has 2 amide bonds. The van der Waals surface area contributed by atoms with Gasteiger partial charge >= 0.3 is 0 Å². The van der Waals surface area contributed by atoms with Gasteiger partial charge in [-0.05, 0) is 30.2 Å². The van der Waals surface area contributed by atoms with Crippen molar-refractivity contribution in [1.29, 1.82) is 0 Å². The average molecular weight is 268 g/mol. The van der Waals surface area contributed by atoms with Crippen molar-refractivity contribution in [3.05, 3.63) is 41.6 Å². The molecule has 1 aliphatic rings. The van der Waals surface area contributed by atoms with E-state index in [0.29, 0.717) is 23.9 Å². The molecule has 1 fully saturated rings. The first-order valence-electron chi connectivity index (χ1n) is 6.36. The minimum absolute atomic E-state index is 0.234. The molecule has 1 atom stereocenters. The van der Waals surface area contributed by atoms with Gasteiger partial charge in [0.05, 0.1) is 11.4 Å². The first kappa shape index (κ1) is 12.5. The lowest BCUT2D eigenvalue weighted by molar-refractivity contribution is -0.134. The Balaban J connectivity index is 2.06. The molecule has 1 saturated heterocycles. The van der Waals surface area contributed by atoms with E-state index in [9.17, 15) is 14.4 Å². The molecule has 2 aromatic rings. The second-order valence-corrected chi connectivity index (χ2v) is 4.80. The topological polar surface area (TPSA) is 76.1 Å². The number of aldehydes is 1. The molecule has 0 bridgehead atoms. The third kappa shape index (κ3) is 2.07. The first-order chi connectivity index (χ1) is 9.69. The van der Waals surface area contributed by atoms with Crippen LogP contribution in [0.4, 0.5) is 0 Å². The van der Waals surface area contributed by atoms with Gasteiger partial charge in [0.25, 0.3) is 0 Å². The SMILES string of the molecule is O=Cc1ccnc2ccc(C3CCC(=O)NC3=O)cc12. The molecule has 1 aliphatic heterocycles. The van der Waals surface area contributed by atoms with E-state index in [1.807, 2.05) is 12.1 Å². The maximum Gasteiger partial charge on any atom is 0.234 e. The molecule has 1 aromatic heterocycles. The van der Waals surface area contributed by atoms with E-state index < -0.39 is 0 Å². The quantitative estimate of drug-likeness (QED) is 0.662. The zero-order chi connectivity index (χ0) is 14.1. The number of piperidine rings is 1. The highest BCUT2D eigenvalue weighted by atomic mass is 16.2. The summed E-state index contributed by atoms with van der Waals surface area (Å²) in [4.78, 5) is 38.3. The molecule has 5 nitrogen and oxygen atoms in total. The number of benzene rings is 1. The standard InChI is InChI=1S/C15H12N2O3/c18-8-10-5-6-16-13-3-1-9(7-12(10)13)11-2-4-14(19)17-15(11)20/h1,3,5-8,11H,2,4H2,(H,17,19,20). The van der Waals surface area contributed by atoms with Crippen LogP contribution in [0.1, 0.15) is 34.7 Å². The fourth-order valence-corrected chi connectivity index (χ4v) is 2.52. The normalized spacial score (nSPS) is 18.9. The molecular formula is C15H12N2O3. The molecule has 100 valence electrons. The van der Waals surface area contributed by atoms with Crippen LogP contribution in [0, 0.1) is 0 Å². The van der Waals surface area contributed by atoms with Crippen LogP contribution in [0.3, 0.4) is 0 Å². The third-order valence-electron chi connectivity index (χ3n) is 3.57. The van der Waals surface area contributed by atoms with Gasteiger partial charge < -0.3 is 0 Å². The summed E-state index contributed by atoms with van der Waals surface area (Å²) in [6.45, 7) is 0. The van der Waals surface area contributed by atoms with Crippen molar-refractivity contribution in [3.8, 4) is 0 Å². The van der Waals surface area contributed by atoms with Gasteiger partial charge in [0, 0.05) is 23.6 Å². The van der Waals surface area contributed by atoms with Crippen molar-refractivity contribution in [2.24, 2.45) is 0 Å². The molecule has 0 aliphatic carbocycles. The van der Waals surface area contributed by atoms with Gasteiger partial charge in [-0.2, -0.15) is 0 Å². The Morgan fingerprint density at radius 1 is 1.25 bits per heavy atom. The van der Waals surface area contributed by atoms with Crippen molar-refractivity contribution in [3.63, 3.8) is 0 Å². The summed E-state index contributed by atoms with van der Waals surface area (Å²) >= 11 is 0. The zero-order valence-electron chi connectivity index (χ0n) is 10.6. The molecule has 5 heteroatoms. The minimum atomic E-state index is -0.350. The number of imide groups is 1. The fraction of sp³-hybridized carbons (Fsp3) is 0.200.